The molecule has 0 bridgehead atoms. The lowest BCUT2D eigenvalue weighted by atomic mass is 9.82. The summed E-state index contributed by atoms with van der Waals surface area (Å²) in [5.74, 6) is -1.71. The molecule has 0 unspecified atom stereocenters. The van der Waals surface area contributed by atoms with E-state index in [4.69, 9.17) is 0 Å². The molecule has 1 aliphatic carbocycles. The topological polar surface area (TPSA) is 95.5 Å². The zero-order valence-corrected chi connectivity index (χ0v) is 16.8. The molecular formula is C23H26N2O4. The van der Waals surface area contributed by atoms with Crippen molar-refractivity contribution in [3.05, 3.63) is 58.1 Å². The molecule has 2 aromatic rings. The number of nitrogens with one attached hydrogen (secondary N) is 2. The number of carboxylic acids is 1. The number of hydrogen-bond acceptors (Lipinski definition) is 5. The van der Waals surface area contributed by atoms with Crippen LogP contribution in [0.2, 0.25) is 0 Å². The van der Waals surface area contributed by atoms with E-state index in [1.165, 1.54) is 12.1 Å². The van der Waals surface area contributed by atoms with Gasteiger partial charge in [-0.15, -0.1) is 0 Å². The zero-order chi connectivity index (χ0) is 21.0. The summed E-state index contributed by atoms with van der Waals surface area (Å²) in [6.07, 6.45) is 3.78. The highest BCUT2D eigenvalue weighted by Crippen LogP contribution is 2.35. The Morgan fingerprint density at radius 2 is 1.48 bits per heavy atom. The number of carboxylic acid groups (broad SMARTS) is 1. The Hall–Kier alpha value is -3.15. The Labute approximate surface area is 170 Å². The van der Waals surface area contributed by atoms with Gasteiger partial charge in [0, 0.05) is 41.2 Å². The summed E-state index contributed by atoms with van der Waals surface area (Å²) in [6, 6.07) is 8.03. The molecule has 6 heteroatoms. The van der Waals surface area contributed by atoms with Crippen molar-refractivity contribution >= 4 is 28.9 Å². The summed E-state index contributed by atoms with van der Waals surface area (Å²) in [5, 5.41) is 16.0. The molecule has 0 atom stereocenters. The molecule has 0 radical (unpaired) electrons. The number of fused-ring (bicyclic) bond motifs is 2. The smallest absolute Gasteiger partial charge is 0.337 e. The van der Waals surface area contributed by atoms with Gasteiger partial charge in [0.15, 0.2) is 11.6 Å². The summed E-state index contributed by atoms with van der Waals surface area (Å²) < 4.78 is 0. The fraction of sp³-hybridized carbons (Fsp3) is 0.348. The van der Waals surface area contributed by atoms with Crippen molar-refractivity contribution in [1.82, 2.24) is 0 Å². The number of aromatic carboxylic acids is 1. The van der Waals surface area contributed by atoms with Crippen LogP contribution in [0.1, 0.15) is 81.7 Å². The van der Waals surface area contributed by atoms with Gasteiger partial charge in [0.05, 0.1) is 11.1 Å². The highest BCUT2D eigenvalue weighted by atomic mass is 16.4. The lowest BCUT2D eigenvalue weighted by Gasteiger charge is -2.22. The number of anilines is 2. The van der Waals surface area contributed by atoms with Crippen molar-refractivity contribution in [2.75, 3.05) is 23.7 Å². The summed E-state index contributed by atoms with van der Waals surface area (Å²) in [6.45, 7) is 5.41. The zero-order valence-electron chi connectivity index (χ0n) is 16.8. The predicted molar refractivity (Wildman–Crippen MR) is 114 cm³/mol. The Morgan fingerprint density at radius 1 is 0.862 bits per heavy atom. The summed E-state index contributed by atoms with van der Waals surface area (Å²) in [5.41, 5.74) is 2.05. The molecular weight excluding hydrogens is 368 g/mol. The van der Waals surface area contributed by atoms with Gasteiger partial charge in [0.2, 0.25) is 0 Å². The van der Waals surface area contributed by atoms with Crippen LogP contribution in [0.15, 0.2) is 30.3 Å². The van der Waals surface area contributed by atoms with Crippen molar-refractivity contribution in [3.8, 4) is 0 Å². The van der Waals surface area contributed by atoms with Crippen LogP contribution in [0, 0.1) is 0 Å². The first-order chi connectivity index (χ1) is 14.0. The number of carbonyl (C=O) groups is 3. The molecule has 6 nitrogen and oxygen atoms in total. The second kappa shape index (κ2) is 8.90. The average Bonchev–Trinajstić information content (AvgIpc) is 2.71. The summed E-state index contributed by atoms with van der Waals surface area (Å²) in [7, 11) is 0. The number of ketones is 2. The van der Waals surface area contributed by atoms with Gasteiger partial charge in [-0.05, 0) is 31.0 Å². The third kappa shape index (κ3) is 4.01. The van der Waals surface area contributed by atoms with Crippen molar-refractivity contribution in [2.45, 2.75) is 39.5 Å². The van der Waals surface area contributed by atoms with E-state index in [2.05, 4.69) is 17.6 Å². The van der Waals surface area contributed by atoms with Crippen LogP contribution in [-0.4, -0.2) is 35.7 Å². The minimum Gasteiger partial charge on any atom is -0.478 e. The molecule has 0 amide bonds. The fourth-order valence-electron chi connectivity index (χ4n) is 3.51. The van der Waals surface area contributed by atoms with E-state index in [9.17, 15) is 19.5 Å². The Bertz CT molecular complexity index is 966. The van der Waals surface area contributed by atoms with Gasteiger partial charge in [-0.1, -0.05) is 38.8 Å². The Kier molecular flexibility index (Phi) is 6.32. The largest absolute Gasteiger partial charge is 0.478 e. The Morgan fingerprint density at radius 3 is 2.10 bits per heavy atom. The summed E-state index contributed by atoms with van der Waals surface area (Å²) >= 11 is 0. The van der Waals surface area contributed by atoms with E-state index in [0.29, 0.717) is 35.6 Å². The monoisotopic (exact) mass is 394 g/mol. The number of carbonyl (C=O) groups excluding carboxylic acids is 2. The first-order valence-corrected chi connectivity index (χ1v) is 10.1. The molecule has 1 aliphatic rings. The van der Waals surface area contributed by atoms with Gasteiger partial charge in [-0.3, -0.25) is 9.59 Å². The lowest BCUT2D eigenvalue weighted by molar-refractivity contribution is 0.0697. The van der Waals surface area contributed by atoms with E-state index < -0.39 is 5.97 Å². The first kappa shape index (κ1) is 20.6. The van der Waals surface area contributed by atoms with E-state index in [-0.39, 0.29) is 28.3 Å². The van der Waals surface area contributed by atoms with Crippen molar-refractivity contribution in [2.24, 2.45) is 0 Å². The highest BCUT2D eigenvalue weighted by molar-refractivity contribution is 6.30. The second-order valence-corrected chi connectivity index (χ2v) is 7.20. The third-order valence-corrected chi connectivity index (χ3v) is 5.11. The molecule has 0 fully saturated rings. The number of hydrogen-bond donors (Lipinski definition) is 3. The van der Waals surface area contributed by atoms with Gasteiger partial charge in [-0.2, -0.15) is 0 Å². The average molecular weight is 394 g/mol. The molecule has 0 saturated carbocycles. The van der Waals surface area contributed by atoms with Gasteiger partial charge in [-0.25, -0.2) is 4.79 Å². The van der Waals surface area contributed by atoms with Crippen molar-refractivity contribution in [1.29, 1.82) is 0 Å². The fourth-order valence-corrected chi connectivity index (χ4v) is 3.51. The van der Waals surface area contributed by atoms with E-state index in [1.54, 1.807) is 18.2 Å². The van der Waals surface area contributed by atoms with Gasteiger partial charge in [0.1, 0.15) is 0 Å². The van der Waals surface area contributed by atoms with Crippen LogP contribution in [0.5, 0.6) is 0 Å². The van der Waals surface area contributed by atoms with Gasteiger partial charge < -0.3 is 15.7 Å². The molecule has 0 aromatic heterocycles. The first-order valence-electron chi connectivity index (χ1n) is 10.1. The number of rotatable bonds is 9. The number of unbranched alkanes of at least 4 members (excludes halogenated alkanes) is 2. The van der Waals surface area contributed by atoms with Crippen LogP contribution >= 0.6 is 0 Å². The van der Waals surface area contributed by atoms with Crippen molar-refractivity contribution in [3.63, 3.8) is 0 Å². The van der Waals surface area contributed by atoms with E-state index in [1.807, 2.05) is 6.92 Å². The normalized spacial score (nSPS) is 12.3. The Balaban J connectivity index is 2.07. The molecule has 29 heavy (non-hydrogen) atoms. The van der Waals surface area contributed by atoms with Gasteiger partial charge >= 0.3 is 5.97 Å². The minimum atomic E-state index is -1.13. The highest BCUT2D eigenvalue weighted by Gasteiger charge is 2.33. The lowest BCUT2D eigenvalue weighted by Crippen LogP contribution is -2.24. The molecule has 2 aromatic carbocycles. The molecule has 3 rings (SSSR count). The molecule has 0 heterocycles. The van der Waals surface area contributed by atoms with Crippen LogP contribution in [0.4, 0.5) is 11.4 Å². The SMILES string of the molecule is CCCCNc1cc2c(cc1C(=O)O)C(=O)c1c(NCCCC)cccc1C2=O. The maximum Gasteiger partial charge on any atom is 0.337 e. The predicted octanol–water partition coefficient (Wildman–Crippen LogP) is 4.58. The van der Waals surface area contributed by atoms with E-state index >= 15 is 0 Å². The van der Waals surface area contributed by atoms with Crippen LogP contribution in [0.3, 0.4) is 0 Å². The summed E-state index contributed by atoms with van der Waals surface area (Å²) in [4.78, 5) is 38.2. The van der Waals surface area contributed by atoms with Crippen LogP contribution in [0.25, 0.3) is 0 Å². The number of benzene rings is 2. The van der Waals surface area contributed by atoms with Crippen molar-refractivity contribution < 1.29 is 19.5 Å². The molecule has 152 valence electrons. The standard InChI is InChI=1S/C23H26N2O4/c1-3-5-10-24-18-9-7-8-14-20(18)22(27)15-12-17(23(28)29)19(25-11-6-4-2)13-16(15)21(14)26/h7-9,12-13,24-25H,3-6,10-11H2,1-2H3,(H,28,29). The molecule has 3 N–H and O–H groups in total. The third-order valence-electron chi connectivity index (χ3n) is 5.11. The quantitative estimate of drug-likeness (QED) is 0.460. The maximum atomic E-state index is 13.2. The second-order valence-electron chi connectivity index (χ2n) is 7.20. The van der Waals surface area contributed by atoms with Gasteiger partial charge in [0.25, 0.3) is 0 Å². The minimum absolute atomic E-state index is 0.000811. The molecule has 0 saturated heterocycles. The van der Waals surface area contributed by atoms with Crippen LogP contribution < -0.4 is 10.6 Å². The maximum absolute atomic E-state index is 13.2. The van der Waals surface area contributed by atoms with E-state index in [0.717, 1.165) is 25.7 Å². The van der Waals surface area contributed by atoms with Crippen LogP contribution in [-0.2, 0) is 0 Å². The molecule has 0 spiro atoms. The molecule has 0 aliphatic heterocycles.